The monoisotopic (exact) mass is 677 g/mol. The molecule has 12 rings (SSSR count). The van der Waals surface area contributed by atoms with Gasteiger partial charge in [-0.2, -0.15) is 0 Å². The smallest absolute Gasteiger partial charge is 0.434 e. The first-order chi connectivity index (χ1) is 26.3. The van der Waals surface area contributed by atoms with Crippen LogP contribution in [0.25, 0.3) is 82.8 Å². The number of hydrogen-bond donors (Lipinski definition) is 0. The second-order valence-electron chi connectivity index (χ2n) is 14.0. The van der Waals surface area contributed by atoms with Gasteiger partial charge in [0.05, 0.1) is 16.7 Å². The molecule has 0 saturated carbocycles. The zero-order chi connectivity index (χ0) is 34.6. The Bertz CT molecular complexity index is 3100. The number of para-hydroxylation sites is 5. The minimum Gasteiger partial charge on any atom is -0.551 e. The molecule has 0 amide bonds. The van der Waals surface area contributed by atoms with E-state index < -0.39 is 0 Å². The zero-order valence-corrected chi connectivity index (χ0v) is 28.4. The molecule has 0 bridgehead atoms. The van der Waals surface area contributed by atoms with Gasteiger partial charge in [-0.3, -0.25) is 0 Å². The predicted octanol–water partition coefficient (Wildman–Crippen LogP) is 11.3. The van der Waals surface area contributed by atoms with Crippen LogP contribution in [0.15, 0.2) is 174 Å². The fraction of sp³-hybridized carbons (Fsp3) is 0. The van der Waals surface area contributed by atoms with Crippen molar-refractivity contribution in [1.82, 2.24) is 4.57 Å². The van der Waals surface area contributed by atoms with Crippen molar-refractivity contribution in [3.05, 3.63) is 170 Å². The number of ether oxygens (including phenoxy) is 1. The SMILES string of the molecule is c1ccc2c(c1)Oc1cc(-c3ccccc3-n3c4ccccc4c4ccccc43)cc3c1B2Oc1cc(-c2ccc4oc5ccccc5c4c2)ccc1-3. The van der Waals surface area contributed by atoms with Gasteiger partial charge in [0.15, 0.2) is 0 Å². The second-order valence-corrected chi connectivity index (χ2v) is 14.0. The van der Waals surface area contributed by atoms with Crippen LogP contribution in [0.5, 0.6) is 17.2 Å². The number of hydrogen-bond acceptors (Lipinski definition) is 3. The first-order valence-corrected chi connectivity index (χ1v) is 18.0. The van der Waals surface area contributed by atoms with Crippen LogP contribution in [-0.2, 0) is 0 Å². The molecule has 10 aromatic rings. The summed E-state index contributed by atoms with van der Waals surface area (Å²) < 4.78 is 22.3. The Balaban J connectivity index is 1.06. The Labute approximate surface area is 305 Å². The molecule has 0 unspecified atom stereocenters. The van der Waals surface area contributed by atoms with E-state index in [2.05, 4.69) is 150 Å². The van der Waals surface area contributed by atoms with Gasteiger partial charge in [-0.15, -0.1) is 0 Å². The molecule has 2 aliphatic heterocycles. The number of nitrogens with zero attached hydrogens (tertiary/aromatic N) is 1. The van der Waals surface area contributed by atoms with Crippen LogP contribution in [0.4, 0.5) is 0 Å². The summed E-state index contributed by atoms with van der Waals surface area (Å²) in [7, 11) is 0. The standard InChI is InChI=1S/C48H28BNO3/c1-6-16-40(50-41-17-7-2-12-33(41)34-13-3-8-18-42(34)50)32(11-1)31-26-38-36-23-21-30(29-22-24-44-37(25-29)35-14-4-9-19-43(35)51-44)27-46(36)53-49-39-15-5-10-20-45(39)52-47(28-31)48(38)49/h1-28H. The van der Waals surface area contributed by atoms with Gasteiger partial charge in [0, 0.05) is 43.6 Å². The lowest BCUT2D eigenvalue weighted by molar-refractivity contribution is 0.479. The minimum atomic E-state index is -0.297. The topological polar surface area (TPSA) is 36.5 Å². The van der Waals surface area contributed by atoms with Crippen molar-refractivity contribution in [3.63, 3.8) is 0 Å². The molecule has 2 aromatic heterocycles. The highest BCUT2D eigenvalue weighted by molar-refractivity contribution is 6.84. The lowest BCUT2D eigenvalue weighted by Gasteiger charge is -2.33. The fourth-order valence-corrected chi connectivity index (χ4v) is 8.70. The second kappa shape index (κ2) is 10.8. The molecular weight excluding hydrogens is 649 g/mol. The number of benzene rings is 8. The summed E-state index contributed by atoms with van der Waals surface area (Å²) in [6, 6.07) is 60.0. The predicted molar refractivity (Wildman–Crippen MR) is 217 cm³/mol. The lowest BCUT2D eigenvalue weighted by Crippen LogP contribution is -2.53. The van der Waals surface area contributed by atoms with E-state index in [-0.39, 0.29) is 6.92 Å². The maximum atomic E-state index is 6.99. The lowest BCUT2D eigenvalue weighted by atomic mass is 9.50. The summed E-state index contributed by atoms with van der Waals surface area (Å²) in [5.41, 5.74) is 13.9. The molecule has 53 heavy (non-hydrogen) atoms. The van der Waals surface area contributed by atoms with Gasteiger partial charge < -0.3 is 18.4 Å². The Morgan fingerprint density at radius 3 is 1.94 bits per heavy atom. The number of rotatable bonds is 3. The van der Waals surface area contributed by atoms with E-state index >= 15 is 0 Å². The third kappa shape index (κ3) is 4.13. The van der Waals surface area contributed by atoms with Crippen LogP contribution in [0.3, 0.4) is 0 Å². The van der Waals surface area contributed by atoms with Gasteiger partial charge in [-0.05, 0) is 82.9 Å². The van der Waals surface area contributed by atoms with E-state index in [0.717, 1.165) is 89.2 Å². The van der Waals surface area contributed by atoms with Gasteiger partial charge in [0.25, 0.3) is 0 Å². The van der Waals surface area contributed by atoms with Crippen LogP contribution in [-0.4, -0.2) is 11.5 Å². The number of fused-ring (bicyclic) bond motifs is 10. The highest BCUT2D eigenvalue weighted by atomic mass is 16.5. The van der Waals surface area contributed by atoms with Crippen LogP contribution >= 0.6 is 0 Å². The molecule has 4 heterocycles. The molecule has 0 saturated heterocycles. The number of aromatic nitrogens is 1. The first-order valence-electron chi connectivity index (χ1n) is 18.0. The summed E-state index contributed by atoms with van der Waals surface area (Å²) in [6.45, 7) is -0.297. The maximum Gasteiger partial charge on any atom is 0.434 e. The van der Waals surface area contributed by atoms with Crippen LogP contribution in [0.1, 0.15) is 0 Å². The summed E-state index contributed by atoms with van der Waals surface area (Å²) >= 11 is 0. The molecule has 8 aromatic carbocycles. The summed E-state index contributed by atoms with van der Waals surface area (Å²) in [5, 5.41) is 4.70. The van der Waals surface area contributed by atoms with Crippen molar-refractivity contribution in [2.24, 2.45) is 0 Å². The van der Waals surface area contributed by atoms with E-state index in [1.807, 2.05) is 24.3 Å². The molecule has 0 fully saturated rings. The maximum absolute atomic E-state index is 6.99. The Morgan fingerprint density at radius 1 is 0.415 bits per heavy atom. The molecule has 0 atom stereocenters. The van der Waals surface area contributed by atoms with Gasteiger partial charge in [-0.1, -0.05) is 109 Å². The molecule has 0 spiro atoms. The highest BCUT2D eigenvalue weighted by Gasteiger charge is 2.41. The van der Waals surface area contributed by atoms with E-state index in [1.54, 1.807) is 0 Å². The molecule has 0 radical (unpaired) electrons. The van der Waals surface area contributed by atoms with Crippen molar-refractivity contribution in [2.75, 3.05) is 0 Å². The summed E-state index contributed by atoms with van der Waals surface area (Å²) in [6.07, 6.45) is 0. The molecule has 2 aliphatic rings. The van der Waals surface area contributed by atoms with E-state index in [4.69, 9.17) is 13.8 Å². The van der Waals surface area contributed by atoms with E-state index in [9.17, 15) is 0 Å². The van der Waals surface area contributed by atoms with Crippen molar-refractivity contribution in [3.8, 4) is 56.3 Å². The molecular formula is C48H28BNO3. The Morgan fingerprint density at radius 2 is 1.08 bits per heavy atom. The summed E-state index contributed by atoms with van der Waals surface area (Å²) in [5.74, 6) is 2.50. The van der Waals surface area contributed by atoms with Crippen LogP contribution in [0.2, 0.25) is 0 Å². The quantitative estimate of drug-likeness (QED) is 0.175. The Kier molecular flexibility index (Phi) is 5.83. The van der Waals surface area contributed by atoms with Crippen LogP contribution in [0, 0.1) is 0 Å². The summed E-state index contributed by atoms with van der Waals surface area (Å²) in [4.78, 5) is 0. The van der Waals surface area contributed by atoms with Crippen molar-refractivity contribution in [2.45, 2.75) is 0 Å². The van der Waals surface area contributed by atoms with Gasteiger partial charge >= 0.3 is 6.92 Å². The average Bonchev–Trinajstić information content (AvgIpc) is 3.76. The normalized spacial score (nSPS) is 12.8. The zero-order valence-electron chi connectivity index (χ0n) is 28.4. The minimum absolute atomic E-state index is 0.297. The molecule has 0 aliphatic carbocycles. The Hall–Kier alpha value is -6.98. The van der Waals surface area contributed by atoms with Gasteiger partial charge in [0.1, 0.15) is 28.4 Å². The van der Waals surface area contributed by atoms with Crippen LogP contribution < -0.4 is 20.3 Å². The first kappa shape index (κ1) is 28.7. The number of furan rings is 1. The van der Waals surface area contributed by atoms with Crippen molar-refractivity contribution < 1.29 is 13.8 Å². The highest BCUT2D eigenvalue weighted by Crippen LogP contribution is 2.45. The molecule has 246 valence electrons. The largest absolute Gasteiger partial charge is 0.551 e. The fourth-order valence-electron chi connectivity index (χ4n) is 8.70. The van der Waals surface area contributed by atoms with Gasteiger partial charge in [0.2, 0.25) is 0 Å². The van der Waals surface area contributed by atoms with E-state index in [0.29, 0.717) is 0 Å². The average molecular weight is 678 g/mol. The van der Waals surface area contributed by atoms with E-state index in [1.165, 1.54) is 21.8 Å². The molecule has 5 heteroatoms. The van der Waals surface area contributed by atoms with Crippen molar-refractivity contribution in [1.29, 1.82) is 0 Å². The third-order valence-corrected chi connectivity index (χ3v) is 11.1. The third-order valence-electron chi connectivity index (χ3n) is 11.1. The molecule has 0 N–H and O–H groups in total. The molecule has 4 nitrogen and oxygen atoms in total. The van der Waals surface area contributed by atoms with Gasteiger partial charge in [-0.25, -0.2) is 0 Å². The van der Waals surface area contributed by atoms with Crippen molar-refractivity contribution >= 4 is 61.6 Å².